The lowest BCUT2D eigenvalue weighted by Gasteiger charge is -2.35. The molecule has 1 fully saturated rings. The van der Waals surface area contributed by atoms with Gasteiger partial charge in [-0.1, -0.05) is 11.6 Å². The maximum Gasteiger partial charge on any atom is 0.255 e. The first-order valence-electron chi connectivity index (χ1n) is 11.6. The monoisotopic (exact) mass is 499 g/mol. The fourth-order valence-corrected chi connectivity index (χ4v) is 4.47. The largest absolute Gasteiger partial charge is 0.494 e. The Morgan fingerprint density at radius 3 is 2.51 bits per heavy atom. The number of ether oxygens (including phenoxy) is 1. The average molecular weight is 500 g/mol. The van der Waals surface area contributed by atoms with Crippen LogP contribution in [0.15, 0.2) is 42.6 Å². The van der Waals surface area contributed by atoms with Crippen molar-refractivity contribution in [1.29, 1.82) is 0 Å². The van der Waals surface area contributed by atoms with Crippen LogP contribution in [0.5, 0.6) is 5.75 Å². The molecular formula is C26H31ClFN5O2. The molecule has 0 bridgehead atoms. The number of hydrogen-bond acceptors (Lipinski definition) is 5. The third kappa shape index (κ3) is 5.66. The summed E-state index contributed by atoms with van der Waals surface area (Å²) in [5.41, 5.74) is 2.55. The Labute approximate surface area is 210 Å². The Morgan fingerprint density at radius 1 is 1.14 bits per heavy atom. The van der Waals surface area contributed by atoms with Gasteiger partial charge in [-0.05, 0) is 57.4 Å². The van der Waals surface area contributed by atoms with Gasteiger partial charge in [0.05, 0.1) is 23.4 Å². The topological polar surface area (TPSA) is 53.8 Å². The van der Waals surface area contributed by atoms with E-state index < -0.39 is 5.82 Å². The number of benzene rings is 2. The van der Waals surface area contributed by atoms with Crippen LogP contribution in [-0.4, -0.2) is 90.6 Å². The normalized spacial score (nSPS) is 14.5. The zero-order chi connectivity index (χ0) is 25.1. The van der Waals surface area contributed by atoms with Crippen LogP contribution in [0, 0.1) is 12.7 Å². The molecule has 0 unspecified atom stereocenters. The number of hydrogen-bond donors (Lipinski definition) is 0. The molecule has 1 saturated heterocycles. The Bertz CT molecular complexity index is 1200. The number of aromatic nitrogens is 2. The van der Waals surface area contributed by atoms with E-state index in [0.29, 0.717) is 34.9 Å². The van der Waals surface area contributed by atoms with Crippen LogP contribution in [0.4, 0.5) is 4.39 Å². The molecule has 1 aromatic heterocycles. The van der Waals surface area contributed by atoms with Crippen molar-refractivity contribution in [3.8, 4) is 22.7 Å². The smallest absolute Gasteiger partial charge is 0.255 e. The summed E-state index contributed by atoms with van der Waals surface area (Å²) >= 11 is 6.58. The molecule has 1 aliphatic heterocycles. The lowest BCUT2D eigenvalue weighted by Crippen LogP contribution is -2.50. The number of amides is 1. The van der Waals surface area contributed by atoms with Gasteiger partial charge in [-0.2, -0.15) is 0 Å². The molecule has 7 nitrogen and oxygen atoms in total. The highest BCUT2D eigenvalue weighted by atomic mass is 35.5. The number of methoxy groups -OCH3 is 1. The van der Waals surface area contributed by atoms with E-state index >= 15 is 0 Å². The average Bonchev–Trinajstić information content (AvgIpc) is 3.24. The second kappa shape index (κ2) is 10.8. The number of nitrogens with zero attached hydrogens (tertiary/aromatic N) is 5. The molecule has 0 spiro atoms. The van der Waals surface area contributed by atoms with Crippen LogP contribution < -0.4 is 4.74 Å². The lowest BCUT2D eigenvalue weighted by atomic mass is 10.1. The number of carbonyl (C=O) groups is 1. The zero-order valence-electron chi connectivity index (χ0n) is 20.6. The van der Waals surface area contributed by atoms with Crippen molar-refractivity contribution in [2.75, 3.05) is 60.5 Å². The van der Waals surface area contributed by atoms with E-state index in [2.05, 4.69) is 28.9 Å². The molecule has 186 valence electrons. The third-order valence-electron chi connectivity index (χ3n) is 6.31. The molecule has 0 atom stereocenters. The number of aryl methyl sites for hydroxylation is 1. The molecular weight excluding hydrogens is 469 g/mol. The predicted octanol–water partition coefficient (Wildman–Crippen LogP) is 3.97. The van der Waals surface area contributed by atoms with Crippen molar-refractivity contribution in [2.24, 2.45) is 0 Å². The van der Waals surface area contributed by atoms with E-state index in [4.69, 9.17) is 16.3 Å². The number of imidazole rings is 1. The van der Waals surface area contributed by atoms with E-state index in [1.165, 1.54) is 13.2 Å². The minimum absolute atomic E-state index is 0.0504. The van der Waals surface area contributed by atoms with Crippen molar-refractivity contribution in [2.45, 2.75) is 6.92 Å². The van der Waals surface area contributed by atoms with Gasteiger partial charge in [-0.25, -0.2) is 9.37 Å². The van der Waals surface area contributed by atoms with Crippen LogP contribution >= 0.6 is 11.6 Å². The summed E-state index contributed by atoms with van der Waals surface area (Å²) in [6, 6.07) is 10.2. The van der Waals surface area contributed by atoms with E-state index in [1.54, 1.807) is 24.3 Å². The number of piperazine rings is 1. The fourth-order valence-electron chi connectivity index (χ4n) is 4.21. The Balaban J connectivity index is 1.48. The number of rotatable bonds is 7. The van der Waals surface area contributed by atoms with Crippen LogP contribution in [0.2, 0.25) is 5.02 Å². The predicted molar refractivity (Wildman–Crippen MR) is 136 cm³/mol. The second-order valence-electron chi connectivity index (χ2n) is 8.99. The molecule has 2 heterocycles. The maximum atomic E-state index is 14.2. The highest BCUT2D eigenvalue weighted by Gasteiger charge is 2.24. The van der Waals surface area contributed by atoms with Gasteiger partial charge in [0, 0.05) is 56.7 Å². The van der Waals surface area contributed by atoms with Gasteiger partial charge >= 0.3 is 0 Å². The summed E-state index contributed by atoms with van der Waals surface area (Å²) in [7, 11) is 5.56. The van der Waals surface area contributed by atoms with Crippen LogP contribution in [0.3, 0.4) is 0 Å². The van der Waals surface area contributed by atoms with Crippen molar-refractivity contribution in [1.82, 2.24) is 24.3 Å². The first kappa shape index (κ1) is 25.2. The molecule has 0 N–H and O–H groups in total. The van der Waals surface area contributed by atoms with Crippen LogP contribution in [0.25, 0.3) is 16.9 Å². The van der Waals surface area contributed by atoms with Gasteiger partial charge in [0.2, 0.25) is 0 Å². The number of carbonyl (C=O) groups excluding carboxylic acids is 1. The summed E-state index contributed by atoms with van der Waals surface area (Å²) in [4.78, 5) is 24.1. The van der Waals surface area contributed by atoms with E-state index in [0.717, 1.165) is 37.7 Å². The quantitative estimate of drug-likeness (QED) is 0.492. The number of likely N-dealkylation sites (N-methyl/N-ethyl adjacent to an activating group) is 1. The van der Waals surface area contributed by atoms with E-state index in [1.807, 2.05) is 28.7 Å². The first-order chi connectivity index (χ1) is 16.8. The molecule has 1 amide bonds. The molecule has 9 heteroatoms. The summed E-state index contributed by atoms with van der Waals surface area (Å²) in [5, 5.41) is 0.396. The van der Waals surface area contributed by atoms with Gasteiger partial charge in [-0.3, -0.25) is 9.69 Å². The van der Waals surface area contributed by atoms with E-state index in [9.17, 15) is 9.18 Å². The fraction of sp³-hybridized carbons (Fsp3) is 0.385. The molecule has 4 rings (SSSR count). The summed E-state index contributed by atoms with van der Waals surface area (Å²) in [5.74, 6) is 0.416. The Morgan fingerprint density at radius 2 is 1.89 bits per heavy atom. The van der Waals surface area contributed by atoms with Gasteiger partial charge in [0.15, 0.2) is 11.6 Å². The van der Waals surface area contributed by atoms with Crippen molar-refractivity contribution >= 4 is 17.5 Å². The second-order valence-corrected chi connectivity index (χ2v) is 9.40. The summed E-state index contributed by atoms with van der Waals surface area (Å²) in [6.45, 7) is 6.96. The summed E-state index contributed by atoms with van der Waals surface area (Å²) < 4.78 is 21.0. The Kier molecular flexibility index (Phi) is 7.74. The minimum atomic E-state index is -0.443. The highest BCUT2D eigenvalue weighted by Crippen LogP contribution is 2.28. The molecule has 2 aromatic carbocycles. The SMILES string of the molecule is COc1ccc(-c2cn(-c3ccc(C(=O)N4CCN(CCN(C)C)CC4)c(Cl)c3)c(C)n2)cc1F. The van der Waals surface area contributed by atoms with Crippen molar-refractivity contribution in [3.63, 3.8) is 0 Å². The van der Waals surface area contributed by atoms with Crippen LogP contribution in [0.1, 0.15) is 16.2 Å². The van der Waals surface area contributed by atoms with Crippen molar-refractivity contribution < 1.29 is 13.9 Å². The lowest BCUT2D eigenvalue weighted by molar-refractivity contribution is 0.0630. The summed E-state index contributed by atoms with van der Waals surface area (Å²) in [6.07, 6.45) is 1.83. The molecule has 0 aliphatic carbocycles. The zero-order valence-corrected chi connectivity index (χ0v) is 21.3. The van der Waals surface area contributed by atoms with Crippen LogP contribution in [-0.2, 0) is 0 Å². The van der Waals surface area contributed by atoms with E-state index in [-0.39, 0.29) is 11.7 Å². The molecule has 0 radical (unpaired) electrons. The maximum absolute atomic E-state index is 14.2. The molecule has 3 aromatic rings. The highest BCUT2D eigenvalue weighted by molar-refractivity contribution is 6.34. The standard InChI is InChI=1S/C26H31ClFN5O2/c1-18-29-24(19-5-8-25(35-4)23(28)15-19)17-33(18)20-6-7-21(22(27)16-20)26(34)32-13-11-31(12-14-32)10-9-30(2)3/h5-8,15-17H,9-14H2,1-4H3. The molecule has 0 saturated carbocycles. The van der Waals surface area contributed by atoms with Crippen molar-refractivity contribution in [3.05, 3.63) is 64.8 Å². The minimum Gasteiger partial charge on any atom is -0.494 e. The van der Waals surface area contributed by atoms with Gasteiger partial charge in [0.25, 0.3) is 5.91 Å². The molecule has 1 aliphatic rings. The van der Waals surface area contributed by atoms with Gasteiger partial charge in [-0.15, -0.1) is 0 Å². The third-order valence-corrected chi connectivity index (χ3v) is 6.63. The van der Waals surface area contributed by atoms with Gasteiger partial charge < -0.3 is 19.1 Å². The number of halogens is 2. The Hall–Kier alpha value is -2.94. The van der Waals surface area contributed by atoms with Gasteiger partial charge in [0.1, 0.15) is 5.82 Å². The molecule has 35 heavy (non-hydrogen) atoms. The first-order valence-corrected chi connectivity index (χ1v) is 12.0.